The number of amides is 1. The van der Waals surface area contributed by atoms with Crippen molar-refractivity contribution in [1.82, 2.24) is 10.3 Å². The number of pyridine rings is 1. The third-order valence-electron chi connectivity index (χ3n) is 5.90. The zero-order chi connectivity index (χ0) is 27.4. The standard InChI is InChI=1S/C29H22BrN3O6/c1-17-21(4-3-13-32-28(34)24-11-12-26(30)39-24)27(18-5-7-19(35-2)8-6-18)22(15-31)29(33-17)38-20-9-10-23-25(14-20)37-16-36-23/h3-12,14H,13,16H2,1-2H3,(H,32,34). The second kappa shape index (κ2) is 11.3. The molecule has 5 rings (SSSR count). The molecule has 39 heavy (non-hydrogen) atoms. The summed E-state index contributed by atoms with van der Waals surface area (Å²) in [6.45, 7) is 2.21. The van der Waals surface area contributed by atoms with Gasteiger partial charge in [0.25, 0.3) is 5.91 Å². The van der Waals surface area contributed by atoms with Crippen LogP contribution in [-0.4, -0.2) is 31.3 Å². The number of methoxy groups -OCH3 is 1. The van der Waals surface area contributed by atoms with Crippen LogP contribution in [0.2, 0.25) is 0 Å². The molecule has 2 aromatic heterocycles. The van der Waals surface area contributed by atoms with Gasteiger partial charge in [0.2, 0.25) is 12.7 Å². The first-order valence-corrected chi connectivity index (χ1v) is 12.6. The van der Waals surface area contributed by atoms with Crippen LogP contribution < -0.4 is 24.3 Å². The maximum absolute atomic E-state index is 12.3. The lowest BCUT2D eigenvalue weighted by Gasteiger charge is -2.16. The minimum atomic E-state index is -0.347. The third kappa shape index (κ3) is 5.58. The van der Waals surface area contributed by atoms with Crippen molar-refractivity contribution in [3.8, 4) is 46.1 Å². The highest BCUT2D eigenvalue weighted by Gasteiger charge is 2.21. The molecule has 0 saturated heterocycles. The number of furan rings is 1. The molecule has 0 saturated carbocycles. The topological polar surface area (TPSA) is 116 Å². The molecule has 0 fully saturated rings. The molecular formula is C29H22BrN3O6. The van der Waals surface area contributed by atoms with Gasteiger partial charge in [-0.1, -0.05) is 24.3 Å². The van der Waals surface area contributed by atoms with Crippen LogP contribution in [-0.2, 0) is 0 Å². The van der Waals surface area contributed by atoms with Crippen molar-refractivity contribution in [2.24, 2.45) is 0 Å². The van der Waals surface area contributed by atoms with E-state index in [0.717, 1.165) is 5.56 Å². The summed E-state index contributed by atoms with van der Waals surface area (Å²) < 4.78 is 28.0. The van der Waals surface area contributed by atoms with E-state index < -0.39 is 0 Å². The SMILES string of the molecule is COc1ccc(-c2c(C#N)c(Oc3ccc4c(c3)OCO4)nc(C)c2C=CCNC(=O)c2ccc(Br)o2)cc1. The molecule has 1 N–H and O–H groups in total. The van der Waals surface area contributed by atoms with Gasteiger partial charge < -0.3 is 28.7 Å². The maximum Gasteiger partial charge on any atom is 0.287 e. The van der Waals surface area contributed by atoms with Crippen molar-refractivity contribution in [3.05, 3.63) is 87.9 Å². The normalized spacial score (nSPS) is 11.8. The summed E-state index contributed by atoms with van der Waals surface area (Å²) in [6.07, 6.45) is 3.61. The van der Waals surface area contributed by atoms with Crippen molar-refractivity contribution >= 4 is 27.9 Å². The summed E-state index contributed by atoms with van der Waals surface area (Å²) in [6, 6.07) is 18.0. The Morgan fingerprint density at radius 2 is 1.90 bits per heavy atom. The van der Waals surface area contributed by atoms with E-state index in [1.807, 2.05) is 37.3 Å². The number of carbonyl (C=O) groups is 1. The number of hydrogen-bond donors (Lipinski definition) is 1. The van der Waals surface area contributed by atoms with Crippen LogP contribution in [0.4, 0.5) is 0 Å². The highest BCUT2D eigenvalue weighted by atomic mass is 79.9. The molecule has 0 spiro atoms. The van der Waals surface area contributed by atoms with Crippen LogP contribution in [0, 0.1) is 18.3 Å². The maximum atomic E-state index is 12.3. The van der Waals surface area contributed by atoms with Crippen LogP contribution in [0.15, 0.2) is 69.8 Å². The Bertz CT molecular complexity index is 1600. The lowest BCUT2D eigenvalue weighted by molar-refractivity contribution is 0.0929. The van der Waals surface area contributed by atoms with Crippen molar-refractivity contribution in [2.45, 2.75) is 6.92 Å². The van der Waals surface area contributed by atoms with Gasteiger partial charge in [-0.2, -0.15) is 5.26 Å². The van der Waals surface area contributed by atoms with E-state index in [1.54, 1.807) is 43.5 Å². The lowest BCUT2D eigenvalue weighted by Crippen LogP contribution is -2.22. The molecule has 1 aliphatic rings. The fourth-order valence-electron chi connectivity index (χ4n) is 4.03. The number of benzene rings is 2. The van der Waals surface area contributed by atoms with Crippen molar-refractivity contribution in [2.75, 3.05) is 20.4 Å². The lowest BCUT2D eigenvalue weighted by atomic mass is 9.94. The van der Waals surface area contributed by atoms with Crippen molar-refractivity contribution < 1.29 is 28.2 Å². The fourth-order valence-corrected chi connectivity index (χ4v) is 4.34. The highest BCUT2D eigenvalue weighted by Crippen LogP contribution is 2.40. The van der Waals surface area contributed by atoms with Gasteiger partial charge in [0.1, 0.15) is 23.1 Å². The van der Waals surface area contributed by atoms with Gasteiger partial charge in [-0.15, -0.1) is 0 Å². The van der Waals surface area contributed by atoms with Crippen LogP contribution in [0.1, 0.15) is 27.4 Å². The average molecular weight is 588 g/mol. The molecule has 1 amide bonds. The van der Waals surface area contributed by atoms with Gasteiger partial charge in [-0.25, -0.2) is 4.98 Å². The number of aryl methyl sites for hydroxylation is 1. The summed E-state index contributed by atoms with van der Waals surface area (Å²) in [4.78, 5) is 16.9. The molecule has 2 aromatic carbocycles. The summed E-state index contributed by atoms with van der Waals surface area (Å²) >= 11 is 3.19. The predicted octanol–water partition coefficient (Wildman–Crippen LogP) is 6.26. The van der Waals surface area contributed by atoms with E-state index >= 15 is 0 Å². The Labute approximate surface area is 232 Å². The number of halogens is 1. The zero-order valence-corrected chi connectivity index (χ0v) is 22.6. The fraction of sp³-hybridized carbons (Fsp3) is 0.138. The molecule has 196 valence electrons. The minimum absolute atomic E-state index is 0.141. The Hall–Kier alpha value is -4.75. The van der Waals surface area contributed by atoms with Crippen molar-refractivity contribution in [1.29, 1.82) is 5.26 Å². The molecule has 3 heterocycles. The van der Waals surface area contributed by atoms with E-state index in [-0.39, 0.29) is 36.4 Å². The van der Waals surface area contributed by atoms with E-state index in [9.17, 15) is 10.1 Å². The monoisotopic (exact) mass is 587 g/mol. The first kappa shape index (κ1) is 25.9. The molecule has 10 heteroatoms. The summed E-state index contributed by atoms with van der Waals surface area (Å²) in [7, 11) is 1.59. The number of aromatic nitrogens is 1. The largest absolute Gasteiger partial charge is 0.497 e. The molecule has 9 nitrogen and oxygen atoms in total. The molecular weight excluding hydrogens is 566 g/mol. The molecule has 0 radical (unpaired) electrons. The zero-order valence-electron chi connectivity index (χ0n) is 21.0. The molecule has 0 unspecified atom stereocenters. The number of nitrogens with one attached hydrogen (secondary N) is 1. The van der Waals surface area contributed by atoms with E-state index in [4.69, 9.17) is 23.4 Å². The summed E-state index contributed by atoms with van der Waals surface area (Å²) in [5.74, 6) is 2.33. The highest BCUT2D eigenvalue weighted by molar-refractivity contribution is 9.10. The Kier molecular flexibility index (Phi) is 7.52. The molecule has 0 bridgehead atoms. The third-order valence-corrected chi connectivity index (χ3v) is 6.33. The van der Waals surface area contributed by atoms with E-state index in [1.165, 1.54) is 0 Å². The second-order valence-electron chi connectivity index (χ2n) is 8.34. The minimum Gasteiger partial charge on any atom is -0.497 e. The number of fused-ring (bicyclic) bond motifs is 1. The summed E-state index contributed by atoms with van der Waals surface area (Å²) in [5, 5.41) is 13.0. The number of carbonyl (C=O) groups excluding carboxylic acids is 1. The van der Waals surface area contributed by atoms with E-state index in [2.05, 4.69) is 32.3 Å². The molecule has 0 aliphatic carbocycles. The van der Waals surface area contributed by atoms with Crippen molar-refractivity contribution in [3.63, 3.8) is 0 Å². The smallest absolute Gasteiger partial charge is 0.287 e. The predicted molar refractivity (Wildman–Crippen MR) is 146 cm³/mol. The van der Waals surface area contributed by atoms with Gasteiger partial charge in [0.05, 0.1) is 7.11 Å². The van der Waals surface area contributed by atoms with Gasteiger partial charge >= 0.3 is 0 Å². The van der Waals surface area contributed by atoms with Gasteiger partial charge in [-0.05, 0) is 64.8 Å². The number of hydrogen-bond acceptors (Lipinski definition) is 8. The molecule has 4 aromatic rings. The van der Waals surface area contributed by atoms with Gasteiger partial charge in [0, 0.05) is 29.4 Å². The number of ether oxygens (including phenoxy) is 4. The second-order valence-corrected chi connectivity index (χ2v) is 9.12. The van der Waals surface area contributed by atoms with Crippen LogP contribution >= 0.6 is 15.9 Å². The van der Waals surface area contributed by atoms with E-state index in [0.29, 0.717) is 44.5 Å². The quantitative estimate of drug-likeness (QED) is 0.257. The average Bonchev–Trinajstić information content (AvgIpc) is 3.60. The number of nitrogens with zero attached hydrogens (tertiary/aromatic N) is 2. The molecule has 0 atom stereocenters. The Balaban J connectivity index is 1.49. The Morgan fingerprint density at radius 1 is 1.13 bits per heavy atom. The van der Waals surface area contributed by atoms with Crippen LogP contribution in [0.5, 0.6) is 28.9 Å². The Morgan fingerprint density at radius 3 is 2.62 bits per heavy atom. The first-order chi connectivity index (χ1) is 19.0. The van der Waals surface area contributed by atoms with Gasteiger partial charge in [0.15, 0.2) is 21.9 Å². The number of rotatable bonds is 8. The summed E-state index contributed by atoms with van der Waals surface area (Å²) in [5.41, 5.74) is 3.02. The van der Waals surface area contributed by atoms with Crippen LogP contribution in [0.3, 0.4) is 0 Å². The van der Waals surface area contributed by atoms with Crippen LogP contribution in [0.25, 0.3) is 17.2 Å². The van der Waals surface area contributed by atoms with Gasteiger partial charge in [-0.3, -0.25) is 4.79 Å². The number of nitriles is 1. The first-order valence-electron chi connectivity index (χ1n) is 11.8. The molecule has 1 aliphatic heterocycles.